The highest BCUT2D eigenvalue weighted by Gasteiger charge is 2.38. The van der Waals surface area contributed by atoms with E-state index in [0.717, 1.165) is 19.3 Å². The fourth-order valence-corrected chi connectivity index (χ4v) is 3.90. The van der Waals surface area contributed by atoms with Gasteiger partial charge in [0, 0.05) is 6.04 Å². The van der Waals surface area contributed by atoms with Crippen LogP contribution in [-0.4, -0.2) is 6.04 Å². The van der Waals surface area contributed by atoms with Crippen LogP contribution in [0.5, 0.6) is 0 Å². The molecule has 0 aliphatic heterocycles. The second-order valence-electron chi connectivity index (χ2n) is 6.36. The molecule has 0 bridgehead atoms. The minimum absolute atomic E-state index is 0.441. The quantitative estimate of drug-likeness (QED) is 0.821. The van der Waals surface area contributed by atoms with Gasteiger partial charge in [0.25, 0.3) is 0 Å². The average Bonchev–Trinajstić information content (AvgIpc) is 2.76. The van der Waals surface area contributed by atoms with Crippen LogP contribution in [0.15, 0.2) is 24.3 Å². The maximum absolute atomic E-state index is 9.88. The third-order valence-corrected chi connectivity index (χ3v) is 4.97. The van der Waals surface area contributed by atoms with Gasteiger partial charge in [0.2, 0.25) is 0 Å². The number of nitrogens with one attached hydrogen (secondary N) is 1. The molecule has 1 fully saturated rings. The van der Waals surface area contributed by atoms with Crippen LogP contribution in [0.4, 0.5) is 0 Å². The van der Waals surface area contributed by atoms with Crippen LogP contribution in [0.1, 0.15) is 62.5 Å². The highest BCUT2D eigenvalue weighted by Crippen LogP contribution is 2.36. The van der Waals surface area contributed by atoms with Gasteiger partial charge in [-0.2, -0.15) is 5.26 Å². The molecular weight excluding hydrogens is 244 g/mol. The largest absolute Gasteiger partial charge is 0.293 e. The average molecular weight is 268 g/mol. The van der Waals surface area contributed by atoms with Gasteiger partial charge in [-0.15, -0.1) is 0 Å². The molecule has 0 amide bonds. The summed E-state index contributed by atoms with van der Waals surface area (Å²) >= 11 is 0. The maximum atomic E-state index is 9.88. The smallest absolute Gasteiger partial charge is 0.132 e. The van der Waals surface area contributed by atoms with E-state index >= 15 is 0 Å². The van der Waals surface area contributed by atoms with Crippen LogP contribution >= 0.6 is 0 Å². The van der Waals surface area contributed by atoms with Crippen molar-refractivity contribution in [2.75, 3.05) is 0 Å². The van der Waals surface area contributed by atoms with Crippen LogP contribution in [0.3, 0.4) is 0 Å². The molecular formula is C18H24N2. The van der Waals surface area contributed by atoms with Crippen LogP contribution < -0.4 is 5.32 Å². The molecule has 1 N–H and O–H groups in total. The van der Waals surface area contributed by atoms with Crippen molar-refractivity contribution in [2.45, 2.75) is 69.4 Å². The minimum atomic E-state index is -0.441. The van der Waals surface area contributed by atoms with Crippen molar-refractivity contribution in [3.05, 3.63) is 35.4 Å². The molecule has 1 saturated carbocycles. The standard InChI is InChI=1S/C18H24N2/c19-14-18(20-16-10-3-1-2-4-11-16)13-7-9-15-8-5-6-12-17(15)18/h5-6,8,12,16,20H,1-4,7,9-11,13H2. The summed E-state index contributed by atoms with van der Waals surface area (Å²) < 4.78 is 0. The number of nitrogens with zero attached hydrogens (tertiary/aromatic N) is 1. The lowest BCUT2D eigenvalue weighted by Crippen LogP contribution is -2.48. The van der Waals surface area contributed by atoms with E-state index in [0.29, 0.717) is 6.04 Å². The predicted octanol–water partition coefficient (Wildman–Crippen LogP) is 4.05. The molecule has 1 aromatic carbocycles. The summed E-state index contributed by atoms with van der Waals surface area (Å²) in [6.45, 7) is 0. The lowest BCUT2D eigenvalue weighted by molar-refractivity contribution is 0.301. The molecule has 1 atom stereocenters. The normalized spacial score (nSPS) is 27.4. The number of nitriles is 1. The molecule has 20 heavy (non-hydrogen) atoms. The van der Waals surface area contributed by atoms with E-state index in [2.05, 4.69) is 35.7 Å². The molecule has 2 aliphatic rings. The summed E-state index contributed by atoms with van der Waals surface area (Å²) in [4.78, 5) is 0. The van der Waals surface area contributed by atoms with Crippen molar-refractivity contribution in [3.63, 3.8) is 0 Å². The van der Waals surface area contributed by atoms with Gasteiger partial charge in [-0.25, -0.2) is 0 Å². The fourth-order valence-electron chi connectivity index (χ4n) is 3.90. The third-order valence-electron chi connectivity index (χ3n) is 4.97. The van der Waals surface area contributed by atoms with Gasteiger partial charge in [-0.3, -0.25) is 5.32 Å². The molecule has 3 rings (SSSR count). The fraction of sp³-hybridized carbons (Fsp3) is 0.611. The van der Waals surface area contributed by atoms with E-state index < -0.39 is 5.54 Å². The number of benzene rings is 1. The van der Waals surface area contributed by atoms with Gasteiger partial charge in [-0.1, -0.05) is 49.9 Å². The summed E-state index contributed by atoms with van der Waals surface area (Å²) in [7, 11) is 0. The van der Waals surface area contributed by atoms with Gasteiger partial charge < -0.3 is 0 Å². The summed E-state index contributed by atoms with van der Waals surface area (Å²) in [6, 6.07) is 11.7. The zero-order chi connectivity index (χ0) is 13.8. The Labute approximate surface area is 122 Å². The van der Waals surface area contributed by atoms with Gasteiger partial charge in [-0.05, 0) is 43.2 Å². The van der Waals surface area contributed by atoms with Crippen molar-refractivity contribution < 1.29 is 0 Å². The second kappa shape index (κ2) is 5.97. The summed E-state index contributed by atoms with van der Waals surface area (Å²) in [5.74, 6) is 0. The lowest BCUT2D eigenvalue weighted by atomic mass is 9.76. The SMILES string of the molecule is N#CC1(NC2CCCCCC2)CCCc2ccccc21. The number of fused-ring (bicyclic) bond motifs is 1. The summed E-state index contributed by atoms with van der Waals surface area (Å²) in [6.07, 6.45) is 11.0. The van der Waals surface area contributed by atoms with Crippen LogP contribution in [0.2, 0.25) is 0 Å². The lowest BCUT2D eigenvalue weighted by Gasteiger charge is -2.37. The highest BCUT2D eigenvalue weighted by atomic mass is 15.0. The van der Waals surface area contributed by atoms with Crippen molar-refractivity contribution in [3.8, 4) is 6.07 Å². The molecule has 0 spiro atoms. The Bertz CT molecular complexity index is 494. The summed E-state index contributed by atoms with van der Waals surface area (Å²) in [5, 5.41) is 13.6. The molecule has 0 heterocycles. The molecule has 0 radical (unpaired) electrons. The predicted molar refractivity (Wildman–Crippen MR) is 81.3 cm³/mol. The topological polar surface area (TPSA) is 35.8 Å². The number of aryl methyl sites for hydroxylation is 1. The highest BCUT2D eigenvalue weighted by molar-refractivity contribution is 5.40. The molecule has 2 nitrogen and oxygen atoms in total. The van der Waals surface area contributed by atoms with Gasteiger partial charge >= 0.3 is 0 Å². The number of hydrogen-bond acceptors (Lipinski definition) is 2. The van der Waals surface area contributed by atoms with Crippen LogP contribution in [0.25, 0.3) is 0 Å². The molecule has 0 aromatic heterocycles. The van der Waals surface area contributed by atoms with Crippen molar-refractivity contribution in [1.82, 2.24) is 5.32 Å². The monoisotopic (exact) mass is 268 g/mol. The molecule has 1 aromatic rings. The van der Waals surface area contributed by atoms with Gasteiger partial charge in [0.1, 0.15) is 5.54 Å². The Morgan fingerprint density at radius 1 is 1.05 bits per heavy atom. The first-order chi connectivity index (χ1) is 9.84. The van der Waals surface area contributed by atoms with E-state index in [1.54, 1.807) is 0 Å². The van der Waals surface area contributed by atoms with Crippen LogP contribution in [0, 0.1) is 11.3 Å². The zero-order valence-corrected chi connectivity index (χ0v) is 12.2. The first kappa shape index (κ1) is 13.6. The van der Waals surface area contributed by atoms with E-state index in [1.807, 2.05) is 0 Å². The molecule has 106 valence electrons. The zero-order valence-electron chi connectivity index (χ0n) is 12.2. The van der Waals surface area contributed by atoms with E-state index in [9.17, 15) is 5.26 Å². The first-order valence-electron chi connectivity index (χ1n) is 8.11. The van der Waals surface area contributed by atoms with Crippen molar-refractivity contribution in [1.29, 1.82) is 5.26 Å². The maximum Gasteiger partial charge on any atom is 0.132 e. The Balaban J connectivity index is 1.87. The molecule has 2 aliphatic carbocycles. The molecule has 0 saturated heterocycles. The van der Waals surface area contributed by atoms with E-state index in [4.69, 9.17) is 0 Å². The van der Waals surface area contributed by atoms with Gasteiger partial charge in [0.15, 0.2) is 0 Å². The van der Waals surface area contributed by atoms with Crippen molar-refractivity contribution in [2.24, 2.45) is 0 Å². The minimum Gasteiger partial charge on any atom is -0.293 e. The third kappa shape index (κ3) is 2.60. The first-order valence-corrected chi connectivity index (χ1v) is 8.11. The van der Waals surface area contributed by atoms with E-state index in [-0.39, 0.29) is 0 Å². The van der Waals surface area contributed by atoms with Crippen molar-refractivity contribution >= 4 is 0 Å². The second-order valence-corrected chi connectivity index (χ2v) is 6.36. The van der Waals surface area contributed by atoms with Crippen LogP contribution in [-0.2, 0) is 12.0 Å². The summed E-state index contributed by atoms with van der Waals surface area (Å²) in [5.41, 5.74) is 2.16. The Morgan fingerprint density at radius 2 is 1.80 bits per heavy atom. The molecule has 2 heteroatoms. The Kier molecular flexibility index (Phi) is 4.08. The molecule has 1 unspecified atom stereocenters. The van der Waals surface area contributed by atoms with E-state index in [1.165, 1.54) is 49.7 Å². The number of hydrogen-bond donors (Lipinski definition) is 1. The van der Waals surface area contributed by atoms with Gasteiger partial charge in [0.05, 0.1) is 6.07 Å². The number of rotatable bonds is 2. The Hall–Kier alpha value is -1.33. The Morgan fingerprint density at radius 3 is 2.55 bits per heavy atom.